The highest BCUT2D eigenvalue weighted by molar-refractivity contribution is 5.71. The Morgan fingerprint density at radius 3 is 2.53 bits per heavy atom. The van der Waals surface area contributed by atoms with Gasteiger partial charge in [-0.15, -0.1) is 0 Å². The van der Waals surface area contributed by atoms with Gasteiger partial charge in [0.05, 0.1) is 11.6 Å². The first-order valence-corrected chi connectivity index (χ1v) is 5.49. The summed E-state index contributed by atoms with van der Waals surface area (Å²) in [6.45, 7) is 5.49. The van der Waals surface area contributed by atoms with Gasteiger partial charge >= 0.3 is 5.97 Å². The molecule has 0 saturated carbocycles. The molecule has 0 bridgehead atoms. The number of benzene rings is 1. The van der Waals surface area contributed by atoms with Gasteiger partial charge in [0.15, 0.2) is 0 Å². The first-order chi connectivity index (χ1) is 7.73. The molecule has 1 rings (SSSR count). The Kier molecular flexibility index (Phi) is 3.76. The van der Waals surface area contributed by atoms with Crippen LogP contribution in [0.4, 0.5) is 10.1 Å². The second-order valence-corrected chi connectivity index (χ2v) is 5.28. The van der Waals surface area contributed by atoms with Crippen LogP contribution in [-0.2, 0) is 11.2 Å². The van der Waals surface area contributed by atoms with Crippen molar-refractivity contribution in [2.24, 2.45) is 11.3 Å². The van der Waals surface area contributed by atoms with Crippen LogP contribution in [0.25, 0.3) is 0 Å². The molecule has 0 amide bonds. The summed E-state index contributed by atoms with van der Waals surface area (Å²) in [6, 6.07) is 4.67. The molecule has 0 spiro atoms. The molecule has 0 fully saturated rings. The van der Waals surface area contributed by atoms with Gasteiger partial charge in [0.25, 0.3) is 0 Å². The maximum absolute atomic E-state index is 13.7. The molecule has 0 aliphatic carbocycles. The summed E-state index contributed by atoms with van der Waals surface area (Å²) in [6.07, 6.45) is 0.149. The van der Waals surface area contributed by atoms with Crippen molar-refractivity contribution in [1.82, 2.24) is 0 Å². The Morgan fingerprint density at radius 2 is 2.06 bits per heavy atom. The van der Waals surface area contributed by atoms with Crippen molar-refractivity contribution in [3.8, 4) is 0 Å². The van der Waals surface area contributed by atoms with Crippen LogP contribution in [0.2, 0.25) is 0 Å². The van der Waals surface area contributed by atoms with E-state index in [0.717, 1.165) is 0 Å². The Morgan fingerprint density at radius 1 is 1.47 bits per heavy atom. The van der Waals surface area contributed by atoms with Crippen LogP contribution in [-0.4, -0.2) is 11.1 Å². The van der Waals surface area contributed by atoms with Gasteiger partial charge in [-0.2, -0.15) is 0 Å². The lowest BCUT2D eigenvalue weighted by molar-refractivity contribution is -0.145. The monoisotopic (exact) mass is 239 g/mol. The van der Waals surface area contributed by atoms with Gasteiger partial charge in [0, 0.05) is 0 Å². The third kappa shape index (κ3) is 3.19. The van der Waals surface area contributed by atoms with Gasteiger partial charge < -0.3 is 10.8 Å². The molecule has 4 heteroatoms. The van der Waals surface area contributed by atoms with Gasteiger partial charge in [-0.05, 0) is 23.5 Å². The zero-order chi connectivity index (χ0) is 13.2. The summed E-state index contributed by atoms with van der Waals surface area (Å²) < 4.78 is 13.7. The first kappa shape index (κ1) is 13.5. The molecule has 3 nitrogen and oxygen atoms in total. The van der Waals surface area contributed by atoms with Crippen LogP contribution >= 0.6 is 0 Å². The maximum atomic E-state index is 13.7. The number of halogens is 1. The molecule has 0 aliphatic rings. The normalized spacial score (nSPS) is 13.4. The van der Waals surface area contributed by atoms with Gasteiger partial charge in [0.1, 0.15) is 5.82 Å². The third-order valence-corrected chi connectivity index (χ3v) is 2.88. The fourth-order valence-corrected chi connectivity index (χ4v) is 1.74. The number of rotatable bonds is 3. The zero-order valence-electron chi connectivity index (χ0n) is 10.3. The number of carboxylic acids is 1. The summed E-state index contributed by atoms with van der Waals surface area (Å²) in [7, 11) is 0. The number of nitrogen functional groups attached to an aromatic ring is 1. The quantitative estimate of drug-likeness (QED) is 0.797. The number of nitrogens with two attached hydrogens (primary N) is 1. The van der Waals surface area contributed by atoms with Crippen LogP contribution in [0.15, 0.2) is 18.2 Å². The van der Waals surface area contributed by atoms with Crippen molar-refractivity contribution < 1.29 is 14.3 Å². The predicted octanol–water partition coefficient (Wildman–Crippen LogP) is 2.70. The number of hydrogen-bond donors (Lipinski definition) is 2. The molecule has 0 saturated heterocycles. The molecule has 0 aromatic heterocycles. The van der Waals surface area contributed by atoms with Crippen molar-refractivity contribution in [3.63, 3.8) is 0 Å². The molecule has 1 aromatic carbocycles. The van der Waals surface area contributed by atoms with E-state index in [1.807, 2.05) is 20.8 Å². The van der Waals surface area contributed by atoms with Crippen molar-refractivity contribution in [2.75, 3.05) is 5.73 Å². The maximum Gasteiger partial charge on any atom is 0.307 e. The van der Waals surface area contributed by atoms with Crippen molar-refractivity contribution in [1.29, 1.82) is 0 Å². The van der Waals surface area contributed by atoms with E-state index in [4.69, 9.17) is 5.73 Å². The SMILES string of the molecule is CC(C)(C)C(Cc1cccc(N)c1F)C(=O)O. The lowest BCUT2D eigenvalue weighted by atomic mass is 9.77. The number of carboxylic acid groups (broad SMARTS) is 1. The van der Waals surface area contributed by atoms with E-state index in [-0.39, 0.29) is 12.1 Å². The molecule has 1 aromatic rings. The van der Waals surface area contributed by atoms with Crippen LogP contribution in [0, 0.1) is 17.2 Å². The molecule has 0 radical (unpaired) electrons. The van der Waals surface area contributed by atoms with Crippen LogP contribution in [0.5, 0.6) is 0 Å². The number of aliphatic carboxylic acids is 1. The Balaban J connectivity index is 3.03. The van der Waals surface area contributed by atoms with E-state index < -0.39 is 23.1 Å². The van der Waals surface area contributed by atoms with E-state index in [9.17, 15) is 14.3 Å². The molecular formula is C13H18FNO2. The molecule has 1 unspecified atom stereocenters. The smallest absolute Gasteiger partial charge is 0.307 e. The molecule has 1 atom stereocenters. The first-order valence-electron chi connectivity index (χ1n) is 5.49. The Bertz CT molecular complexity index is 424. The van der Waals surface area contributed by atoms with E-state index in [1.54, 1.807) is 12.1 Å². The molecule has 17 heavy (non-hydrogen) atoms. The second-order valence-electron chi connectivity index (χ2n) is 5.28. The van der Waals surface area contributed by atoms with Crippen molar-refractivity contribution in [3.05, 3.63) is 29.6 Å². The number of hydrogen-bond acceptors (Lipinski definition) is 2. The van der Waals surface area contributed by atoms with Crippen molar-refractivity contribution >= 4 is 11.7 Å². The topological polar surface area (TPSA) is 63.3 Å². The largest absolute Gasteiger partial charge is 0.481 e. The standard InChI is InChI=1S/C13H18FNO2/c1-13(2,3)9(12(16)17)7-8-5-4-6-10(15)11(8)14/h4-6,9H,7,15H2,1-3H3,(H,16,17). The lowest BCUT2D eigenvalue weighted by Crippen LogP contribution is -2.30. The average molecular weight is 239 g/mol. The van der Waals surface area contributed by atoms with E-state index in [0.29, 0.717) is 5.56 Å². The molecule has 0 heterocycles. The van der Waals surface area contributed by atoms with Crippen LogP contribution in [0.3, 0.4) is 0 Å². The number of carbonyl (C=O) groups is 1. The lowest BCUT2D eigenvalue weighted by Gasteiger charge is -2.27. The van der Waals surface area contributed by atoms with Crippen LogP contribution < -0.4 is 5.73 Å². The minimum Gasteiger partial charge on any atom is -0.481 e. The highest BCUT2D eigenvalue weighted by Gasteiger charge is 2.32. The van der Waals surface area contributed by atoms with E-state index in [1.165, 1.54) is 6.07 Å². The third-order valence-electron chi connectivity index (χ3n) is 2.88. The molecule has 94 valence electrons. The van der Waals surface area contributed by atoms with Gasteiger partial charge in [-0.3, -0.25) is 4.79 Å². The van der Waals surface area contributed by atoms with Gasteiger partial charge in [-0.1, -0.05) is 32.9 Å². The van der Waals surface area contributed by atoms with Gasteiger partial charge in [0.2, 0.25) is 0 Å². The Hall–Kier alpha value is -1.58. The zero-order valence-corrected chi connectivity index (χ0v) is 10.3. The summed E-state index contributed by atoms with van der Waals surface area (Å²) >= 11 is 0. The summed E-state index contributed by atoms with van der Waals surface area (Å²) in [5.41, 5.74) is 5.44. The minimum atomic E-state index is -0.917. The van der Waals surface area contributed by atoms with Crippen LogP contribution in [0.1, 0.15) is 26.3 Å². The second kappa shape index (κ2) is 4.73. The van der Waals surface area contributed by atoms with Gasteiger partial charge in [-0.25, -0.2) is 4.39 Å². The van der Waals surface area contributed by atoms with E-state index >= 15 is 0 Å². The summed E-state index contributed by atoms with van der Waals surface area (Å²) in [4.78, 5) is 11.2. The van der Waals surface area contributed by atoms with Crippen molar-refractivity contribution in [2.45, 2.75) is 27.2 Å². The predicted molar refractivity (Wildman–Crippen MR) is 65.1 cm³/mol. The molecular weight excluding hydrogens is 221 g/mol. The average Bonchev–Trinajstić information content (AvgIpc) is 2.17. The molecule has 3 N–H and O–H groups in total. The fraction of sp³-hybridized carbons (Fsp3) is 0.462. The Labute approximate surface area is 100 Å². The summed E-state index contributed by atoms with van der Waals surface area (Å²) in [5, 5.41) is 9.18. The molecule has 0 aliphatic heterocycles. The highest BCUT2D eigenvalue weighted by Crippen LogP contribution is 2.30. The number of anilines is 1. The highest BCUT2D eigenvalue weighted by atomic mass is 19.1. The summed E-state index contributed by atoms with van der Waals surface area (Å²) in [5.74, 6) is -2.07. The fourth-order valence-electron chi connectivity index (χ4n) is 1.74. The van der Waals surface area contributed by atoms with E-state index in [2.05, 4.69) is 0 Å². The minimum absolute atomic E-state index is 0.0561.